The third-order valence-corrected chi connectivity index (χ3v) is 8.97. The smallest absolute Gasteiger partial charge is 0.306 e. The Morgan fingerprint density at radius 2 is 1.59 bits per heavy atom. The zero-order valence-electron chi connectivity index (χ0n) is 22.8. The van der Waals surface area contributed by atoms with Gasteiger partial charge < -0.3 is 24.1 Å². The van der Waals surface area contributed by atoms with Crippen LogP contribution in [0, 0.1) is 23.7 Å². The van der Waals surface area contributed by atoms with Crippen LogP contribution in [0.5, 0.6) is 0 Å². The lowest BCUT2D eigenvalue weighted by Crippen LogP contribution is -2.70. The van der Waals surface area contributed by atoms with Crippen molar-refractivity contribution in [2.24, 2.45) is 23.7 Å². The first-order valence-corrected chi connectivity index (χ1v) is 14.4. The van der Waals surface area contributed by atoms with Gasteiger partial charge in [-0.25, -0.2) is 9.78 Å². The molecule has 5 fully saturated rings. The number of carboxylic acids is 1. The van der Waals surface area contributed by atoms with Gasteiger partial charge in [-0.05, 0) is 50.9 Å². The van der Waals surface area contributed by atoms with Crippen LogP contribution < -0.4 is 0 Å². The minimum Gasteiger partial charge on any atom is -0.481 e. The number of aliphatic carboxylic acids is 1. The van der Waals surface area contributed by atoms with Crippen molar-refractivity contribution in [2.45, 2.75) is 128 Å². The predicted octanol–water partition coefficient (Wildman–Crippen LogP) is 5.35. The number of esters is 1. The first kappa shape index (κ1) is 28.7. The number of hydrogen-bond donors (Lipinski definition) is 1. The predicted molar refractivity (Wildman–Crippen MR) is 133 cm³/mol. The largest absolute Gasteiger partial charge is 0.481 e. The standard InChI is InChI=1S/C28H46O9/c1-19-11-12-22-20(2)25(34-26-28(22)21(19)15-16-27(3,35-26)36-37-28)33-18-10-8-6-4-5-7-9-17-32-24(31)14-13-23(29)30/h19-22,25-26H,4-18H2,1-3H3,(H,29,30)/t19-,20-,21+,22+,25+,26-,27+,28-/m1/s1. The summed E-state index contributed by atoms with van der Waals surface area (Å²) in [6, 6.07) is 0. The van der Waals surface area contributed by atoms with E-state index < -0.39 is 29.6 Å². The summed E-state index contributed by atoms with van der Waals surface area (Å²) in [5.74, 6) is -0.750. The topological polar surface area (TPSA) is 110 Å². The Morgan fingerprint density at radius 1 is 0.892 bits per heavy atom. The van der Waals surface area contributed by atoms with E-state index in [2.05, 4.69) is 13.8 Å². The molecule has 2 bridgehead atoms. The van der Waals surface area contributed by atoms with E-state index in [9.17, 15) is 9.59 Å². The highest BCUT2D eigenvalue weighted by Crippen LogP contribution is 2.60. The van der Waals surface area contributed by atoms with E-state index in [1.54, 1.807) is 0 Å². The van der Waals surface area contributed by atoms with Crippen molar-refractivity contribution < 1.29 is 43.4 Å². The van der Waals surface area contributed by atoms with E-state index in [0.29, 0.717) is 25.0 Å². The Bertz CT molecular complexity index is 775. The summed E-state index contributed by atoms with van der Waals surface area (Å²) >= 11 is 0. The molecule has 9 nitrogen and oxygen atoms in total. The monoisotopic (exact) mass is 526 g/mol. The molecule has 0 aromatic carbocycles. The molecule has 0 aromatic rings. The number of ether oxygens (including phenoxy) is 4. The Labute approximate surface area is 220 Å². The average Bonchev–Trinajstić information content (AvgIpc) is 3.09. The van der Waals surface area contributed by atoms with Gasteiger partial charge in [0.2, 0.25) is 5.79 Å². The molecule has 37 heavy (non-hydrogen) atoms. The number of carbonyl (C=O) groups excluding carboxylic acids is 1. The lowest BCUT2D eigenvalue weighted by molar-refractivity contribution is -0.577. The summed E-state index contributed by atoms with van der Waals surface area (Å²) in [7, 11) is 0. The maximum Gasteiger partial charge on any atom is 0.306 e. The van der Waals surface area contributed by atoms with Gasteiger partial charge in [0, 0.05) is 24.9 Å². The van der Waals surface area contributed by atoms with E-state index in [1.807, 2.05) is 6.92 Å². The van der Waals surface area contributed by atoms with Crippen LogP contribution in [0.25, 0.3) is 0 Å². The number of unbranched alkanes of at least 4 members (excludes halogenated alkanes) is 6. The van der Waals surface area contributed by atoms with Crippen LogP contribution in [-0.2, 0) is 38.3 Å². The van der Waals surface area contributed by atoms with Crippen molar-refractivity contribution in [3.05, 3.63) is 0 Å². The van der Waals surface area contributed by atoms with Crippen LogP contribution >= 0.6 is 0 Å². The molecule has 212 valence electrons. The van der Waals surface area contributed by atoms with Gasteiger partial charge in [0.1, 0.15) is 0 Å². The van der Waals surface area contributed by atoms with Crippen molar-refractivity contribution in [1.82, 2.24) is 0 Å². The van der Waals surface area contributed by atoms with Crippen molar-refractivity contribution >= 4 is 11.9 Å². The average molecular weight is 527 g/mol. The molecular formula is C28H46O9. The van der Waals surface area contributed by atoms with Crippen molar-refractivity contribution in [3.8, 4) is 0 Å². The number of hydrogen-bond acceptors (Lipinski definition) is 8. The van der Waals surface area contributed by atoms with Gasteiger partial charge in [-0.3, -0.25) is 9.59 Å². The molecule has 1 saturated carbocycles. The summed E-state index contributed by atoms with van der Waals surface area (Å²) in [5, 5.41) is 8.57. The number of rotatable bonds is 14. The molecule has 0 unspecified atom stereocenters. The normalized spacial score (nSPS) is 38.6. The minimum atomic E-state index is -0.979. The number of carbonyl (C=O) groups is 2. The Hall–Kier alpha value is -1.26. The lowest BCUT2D eigenvalue weighted by atomic mass is 9.58. The highest BCUT2D eigenvalue weighted by atomic mass is 17.3. The molecular weight excluding hydrogens is 480 g/mol. The van der Waals surface area contributed by atoms with Crippen molar-refractivity contribution in [1.29, 1.82) is 0 Å². The van der Waals surface area contributed by atoms with Gasteiger partial charge >= 0.3 is 11.9 Å². The number of carboxylic acid groups (broad SMARTS) is 1. The third-order valence-electron chi connectivity index (χ3n) is 8.97. The molecule has 4 heterocycles. The van der Waals surface area contributed by atoms with Crippen LogP contribution in [-0.4, -0.2) is 54.2 Å². The maximum absolute atomic E-state index is 11.4. The molecule has 9 heteroatoms. The van der Waals surface area contributed by atoms with Crippen molar-refractivity contribution in [2.75, 3.05) is 13.2 Å². The molecule has 4 saturated heterocycles. The fourth-order valence-electron chi connectivity index (χ4n) is 6.82. The summed E-state index contributed by atoms with van der Waals surface area (Å²) in [6.07, 6.45) is 10.4. The van der Waals surface area contributed by atoms with Gasteiger partial charge in [0.15, 0.2) is 18.2 Å². The Morgan fingerprint density at radius 3 is 2.32 bits per heavy atom. The summed E-state index contributed by atoms with van der Waals surface area (Å²) in [4.78, 5) is 33.9. The van der Waals surface area contributed by atoms with Crippen LogP contribution in [0.1, 0.15) is 104 Å². The molecule has 1 aliphatic carbocycles. The molecule has 0 aromatic heterocycles. The van der Waals surface area contributed by atoms with Crippen LogP contribution in [0.3, 0.4) is 0 Å². The lowest BCUT2D eigenvalue weighted by Gasteiger charge is -2.60. The molecule has 1 N–H and O–H groups in total. The van der Waals surface area contributed by atoms with Crippen LogP contribution in [0.4, 0.5) is 0 Å². The quantitative estimate of drug-likeness (QED) is 0.182. The highest BCUT2D eigenvalue weighted by molar-refractivity contribution is 5.76. The molecule has 0 radical (unpaired) electrons. The van der Waals surface area contributed by atoms with Crippen LogP contribution in [0.15, 0.2) is 0 Å². The molecule has 5 rings (SSSR count). The second kappa shape index (κ2) is 12.7. The summed E-state index contributed by atoms with van der Waals surface area (Å²) < 4.78 is 24.2. The Kier molecular flexibility index (Phi) is 9.89. The third kappa shape index (κ3) is 6.67. The fraction of sp³-hybridized carbons (Fsp3) is 0.929. The molecule has 1 spiro atoms. The van der Waals surface area contributed by atoms with Crippen LogP contribution in [0.2, 0.25) is 0 Å². The Balaban J connectivity index is 1.11. The summed E-state index contributed by atoms with van der Waals surface area (Å²) in [5.41, 5.74) is -0.538. The van der Waals surface area contributed by atoms with Gasteiger partial charge in [0.05, 0.1) is 19.4 Å². The van der Waals surface area contributed by atoms with E-state index in [-0.39, 0.29) is 31.0 Å². The molecule has 4 aliphatic heterocycles. The second-order valence-corrected chi connectivity index (χ2v) is 11.7. The zero-order chi connectivity index (χ0) is 26.5. The fourth-order valence-corrected chi connectivity index (χ4v) is 6.82. The van der Waals surface area contributed by atoms with Gasteiger partial charge in [-0.2, -0.15) is 0 Å². The van der Waals surface area contributed by atoms with E-state index in [1.165, 1.54) is 6.42 Å². The molecule has 0 amide bonds. The highest BCUT2D eigenvalue weighted by Gasteiger charge is 2.69. The van der Waals surface area contributed by atoms with Crippen molar-refractivity contribution in [3.63, 3.8) is 0 Å². The van der Waals surface area contributed by atoms with Gasteiger partial charge in [0.25, 0.3) is 0 Å². The maximum atomic E-state index is 11.4. The zero-order valence-corrected chi connectivity index (χ0v) is 22.8. The summed E-state index contributed by atoms with van der Waals surface area (Å²) in [6.45, 7) is 7.53. The number of fused-ring (bicyclic) bond motifs is 2. The first-order chi connectivity index (χ1) is 17.7. The minimum absolute atomic E-state index is 0.0570. The first-order valence-electron chi connectivity index (χ1n) is 14.4. The SMILES string of the molecule is C[C@H]1[C@@H](OCCCCCCCCCOC(=O)CCC(=O)O)O[C@@H]2O[C@]3(C)CC[C@H]4[C@H](C)CC[C@@H]1[C@@]24OO3. The van der Waals surface area contributed by atoms with E-state index in [0.717, 1.165) is 64.2 Å². The second-order valence-electron chi connectivity index (χ2n) is 11.7. The van der Waals surface area contributed by atoms with E-state index >= 15 is 0 Å². The molecule has 8 atom stereocenters. The molecule has 5 aliphatic rings. The van der Waals surface area contributed by atoms with E-state index in [4.69, 9.17) is 33.8 Å². The van der Waals surface area contributed by atoms with Gasteiger partial charge in [-0.1, -0.05) is 46.0 Å². The van der Waals surface area contributed by atoms with Gasteiger partial charge in [-0.15, -0.1) is 0 Å².